The van der Waals surface area contributed by atoms with E-state index < -0.39 is 0 Å². The summed E-state index contributed by atoms with van der Waals surface area (Å²) in [5, 5.41) is 3.35. The lowest BCUT2D eigenvalue weighted by Gasteiger charge is -2.08. The molecule has 0 heterocycles. The molecule has 0 aliphatic heterocycles. The largest absolute Gasteiger partial charge is 0.482 e. The maximum Gasteiger partial charge on any atom is 0.343 e. The monoisotopic (exact) mass is 283 g/mol. The van der Waals surface area contributed by atoms with Crippen molar-refractivity contribution < 1.29 is 14.3 Å². The molecule has 0 aliphatic carbocycles. The van der Waals surface area contributed by atoms with Crippen molar-refractivity contribution in [1.82, 2.24) is 0 Å². The van der Waals surface area contributed by atoms with Gasteiger partial charge in [0.1, 0.15) is 5.75 Å². The molecule has 0 aromatic heterocycles. The topological polar surface area (TPSA) is 47.6 Å². The Morgan fingerprint density at radius 2 is 2.00 bits per heavy atom. The standard InChI is InChI=1S/C14H21NO3S/c1-17-14(16)11-18-13-7-5-12(6-8-13)15-9-3-4-10-19-2/h5-8,15H,3-4,9-11H2,1-2H3. The van der Waals surface area contributed by atoms with E-state index in [4.69, 9.17) is 4.74 Å². The second-order valence-electron chi connectivity index (χ2n) is 4.02. The lowest BCUT2D eigenvalue weighted by atomic mass is 10.3. The fraction of sp³-hybridized carbons (Fsp3) is 0.500. The van der Waals surface area contributed by atoms with Gasteiger partial charge in [-0.1, -0.05) is 0 Å². The number of carbonyl (C=O) groups excluding carboxylic acids is 1. The Bertz CT molecular complexity index is 367. The molecule has 0 fully saturated rings. The molecule has 5 heteroatoms. The summed E-state index contributed by atoms with van der Waals surface area (Å²) in [4.78, 5) is 10.9. The van der Waals surface area contributed by atoms with Gasteiger partial charge in [0, 0.05) is 12.2 Å². The third kappa shape index (κ3) is 6.96. The Balaban J connectivity index is 2.25. The summed E-state index contributed by atoms with van der Waals surface area (Å²) in [6.07, 6.45) is 4.52. The molecule has 1 N–H and O–H groups in total. The van der Waals surface area contributed by atoms with Crippen LogP contribution in [0.5, 0.6) is 5.75 Å². The van der Waals surface area contributed by atoms with E-state index in [-0.39, 0.29) is 12.6 Å². The van der Waals surface area contributed by atoms with Crippen molar-refractivity contribution >= 4 is 23.4 Å². The predicted octanol–water partition coefficient (Wildman–Crippen LogP) is 2.79. The highest BCUT2D eigenvalue weighted by Gasteiger charge is 2.01. The van der Waals surface area contributed by atoms with Crippen LogP contribution in [-0.2, 0) is 9.53 Å². The van der Waals surface area contributed by atoms with Crippen LogP contribution >= 0.6 is 11.8 Å². The normalized spacial score (nSPS) is 10.0. The Morgan fingerprint density at radius 3 is 2.63 bits per heavy atom. The highest BCUT2D eigenvalue weighted by Crippen LogP contribution is 2.15. The molecule has 1 aromatic rings. The predicted molar refractivity (Wildman–Crippen MR) is 80.1 cm³/mol. The Labute approximate surface area is 118 Å². The summed E-state index contributed by atoms with van der Waals surface area (Å²) in [6, 6.07) is 7.57. The number of benzene rings is 1. The number of hydrogen-bond donors (Lipinski definition) is 1. The van der Waals surface area contributed by atoms with Crippen molar-refractivity contribution in [2.24, 2.45) is 0 Å². The summed E-state index contributed by atoms with van der Waals surface area (Å²) in [6.45, 7) is 0.918. The molecular weight excluding hydrogens is 262 g/mol. The van der Waals surface area contributed by atoms with Gasteiger partial charge in [-0.3, -0.25) is 0 Å². The van der Waals surface area contributed by atoms with Gasteiger partial charge in [0.15, 0.2) is 6.61 Å². The number of nitrogens with one attached hydrogen (secondary N) is 1. The minimum Gasteiger partial charge on any atom is -0.482 e. The zero-order chi connectivity index (χ0) is 13.9. The zero-order valence-corrected chi connectivity index (χ0v) is 12.3. The number of unbranched alkanes of at least 4 members (excludes halogenated alkanes) is 1. The number of methoxy groups -OCH3 is 1. The van der Waals surface area contributed by atoms with E-state index in [1.54, 1.807) is 0 Å². The average Bonchev–Trinajstić information content (AvgIpc) is 2.45. The quantitative estimate of drug-likeness (QED) is 0.558. The first-order chi connectivity index (χ1) is 9.26. The molecule has 0 spiro atoms. The first-order valence-corrected chi connectivity index (χ1v) is 7.68. The van der Waals surface area contributed by atoms with Gasteiger partial charge < -0.3 is 14.8 Å². The fourth-order valence-electron chi connectivity index (χ4n) is 1.47. The first kappa shape index (κ1) is 15.7. The van der Waals surface area contributed by atoms with Crippen molar-refractivity contribution in [3.63, 3.8) is 0 Å². The summed E-state index contributed by atoms with van der Waals surface area (Å²) in [5.41, 5.74) is 1.06. The number of esters is 1. The molecule has 0 amide bonds. The Kier molecular flexibility index (Phi) is 7.89. The van der Waals surface area contributed by atoms with Gasteiger partial charge in [-0.05, 0) is 49.1 Å². The van der Waals surface area contributed by atoms with Crippen molar-refractivity contribution in [2.75, 3.05) is 37.6 Å². The van der Waals surface area contributed by atoms with Gasteiger partial charge in [0.2, 0.25) is 0 Å². The van der Waals surface area contributed by atoms with E-state index in [1.165, 1.54) is 25.7 Å². The lowest BCUT2D eigenvalue weighted by molar-refractivity contribution is -0.142. The van der Waals surface area contributed by atoms with E-state index in [9.17, 15) is 4.79 Å². The molecule has 0 bridgehead atoms. The van der Waals surface area contributed by atoms with Crippen LogP contribution in [0.1, 0.15) is 12.8 Å². The van der Waals surface area contributed by atoms with Crippen molar-refractivity contribution in [3.8, 4) is 5.75 Å². The second kappa shape index (κ2) is 9.55. The minimum absolute atomic E-state index is 0.0576. The molecule has 0 unspecified atom stereocenters. The first-order valence-electron chi connectivity index (χ1n) is 6.28. The van der Waals surface area contributed by atoms with Crippen LogP contribution in [0.2, 0.25) is 0 Å². The van der Waals surface area contributed by atoms with Crippen LogP contribution in [0.3, 0.4) is 0 Å². The maximum atomic E-state index is 10.9. The van der Waals surface area contributed by atoms with E-state index in [2.05, 4.69) is 16.3 Å². The van der Waals surface area contributed by atoms with Gasteiger partial charge in [-0.25, -0.2) is 4.79 Å². The highest BCUT2D eigenvalue weighted by atomic mass is 32.2. The third-order valence-electron chi connectivity index (χ3n) is 2.54. The summed E-state index contributed by atoms with van der Waals surface area (Å²) < 4.78 is 9.77. The van der Waals surface area contributed by atoms with Crippen LogP contribution in [0.4, 0.5) is 5.69 Å². The lowest BCUT2D eigenvalue weighted by Crippen LogP contribution is -2.12. The second-order valence-corrected chi connectivity index (χ2v) is 5.00. The van der Waals surface area contributed by atoms with Crippen molar-refractivity contribution in [1.29, 1.82) is 0 Å². The van der Waals surface area contributed by atoms with Crippen molar-refractivity contribution in [2.45, 2.75) is 12.8 Å². The SMILES string of the molecule is COC(=O)COc1ccc(NCCCCSC)cc1. The Morgan fingerprint density at radius 1 is 1.26 bits per heavy atom. The third-order valence-corrected chi connectivity index (χ3v) is 3.24. The summed E-state index contributed by atoms with van der Waals surface area (Å²) in [5.74, 6) is 1.50. The molecule has 106 valence electrons. The van der Waals surface area contributed by atoms with Crippen LogP contribution in [0, 0.1) is 0 Å². The summed E-state index contributed by atoms with van der Waals surface area (Å²) >= 11 is 1.88. The van der Waals surface area contributed by atoms with Crippen LogP contribution in [0.15, 0.2) is 24.3 Å². The molecule has 0 aliphatic rings. The van der Waals surface area contributed by atoms with E-state index >= 15 is 0 Å². The van der Waals surface area contributed by atoms with E-state index in [0.29, 0.717) is 5.75 Å². The van der Waals surface area contributed by atoms with Crippen LogP contribution in [0.25, 0.3) is 0 Å². The number of anilines is 1. The molecule has 1 rings (SSSR count). The van der Waals surface area contributed by atoms with Gasteiger partial charge in [-0.2, -0.15) is 11.8 Å². The van der Waals surface area contributed by atoms with Gasteiger partial charge >= 0.3 is 5.97 Å². The molecular formula is C14H21NO3S. The summed E-state index contributed by atoms with van der Waals surface area (Å²) in [7, 11) is 1.34. The van der Waals surface area contributed by atoms with E-state index in [1.807, 2.05) is 36.0 Å². The fourth-order valence-corrected chi connectivity index (χ4v) is 1.97. The molecule has 0 radical (unpaired) electrons. The molecule has 0 atom stereocenters. The molecule has 0 saturated carbocycles. The highest BCUT2D eigenvalue weighted by molar-refractivity contribution is 7.98. The minimum atomic E-state index is -0.379. The number of ether oxygens (including phenoxy) is 2. The Hall–Kier alpha value is -1.36. The molecule has 4 nitrogen and oxygen atoms in total. The number of hydrogen-bond acceptors (Lipinski definition) is 5. The van der Waals surface area contributed by atoms with Gasteiger partial charge in [0.25, 0.3) is 0 Å². The van der Waals surface area contributed by atoms with Crippen LogP contribution in [-0.4, -0.2) is 38.2 Å². The number of thioether (sulfide) groups is 1. The van der Waals surface area contributed by atoms with Gasteiger partial charge in [-0.15, -0.1) is 0 Å². The van der Waals surface area contributed by atoms with Gasteiger partial charge in [0.05, 0.1) is 7.11 Å². The van der Waals surface area contributed by atoms with Crippen LogP contribution < -0.4 is 10.1 Å². The number of rotatable bonds is 9. The van der Waals surface area contributed by atoms with Crippen molar-refractivity contribution in [3.05, 3.63) is 24.3 Å². The average molecular weight is 283 g/mol. The smallest absolute Gasteiger partial charge is 0.343 e. The molecule has 1 aromatic carbocycles. The molecule has 19 heavy (non-hydrogen) atoms. The zero-order valence-electron chi connectivity index (χ0n) is 11.5. The molecule has 0 saturated heterocycles. The maximum absolute atomic E-state index is 10.9. The number of carbonyl (C=O) groups is 1. The van der Waals surface area contributed by atoms with E-state index in [0.717, 1.165) is 12.2 Å².